The first-order valence-corrected chi connectivity index (χ1v) is 7.55. The number of anilines is 1. The molecule has 1 saturated carbocycles. The lowest BCUT2D eigenvalue weighted by Crippen LogP contribution is -2.08. The van der Waals surface area contributed by atoms with Crippen LogP contribution in [0.3, 0.4) is 0 Å². The minimum absolute atomic E-state index is 0.0371. The number of benzene rings is 2. The Morgan fingerprint density at radius 3 is 2.41 bits per heavy atom. The van der Waals surface area contributed by atoms with Crippen molar-refractivity contribution in [3.63, 3.8) is 0 Å². The highest BCUT2D eigenvalue weighted by Crippen LogP contribution is 2.49. The molecule has 0 N–H and O–H groups in total. The van der Waals surface area contributed by atoms with Crippen molar-refractivity contribution in [3.8, 4) is 0 Å². The van der Waals surface area contributed by atoms with Gasteiger partial charge in [-0.3, -0.25) is 4.79 Å². The summed E-state index contributed by atoms with van der Waals surface area (Å²) in [4.78, 5) is 14.6. The third kappa shape index (κ3) is 2.76. The Hall–Kier alpha value is -2.16. The molecule has 2 unspecified atom stereocenters. The number of Topliss-reactive ketones (excluding diaryl/α,β-unsaturated/α-hetero) is 1. The molecule has 1 aliphatic carbocycles. The molecule has 22 heavy (non-hydrogen) atoms. The normalized spacial score (nSPS) is 19.8. The lowest BCUT2D eigenvalue weighted by Gasteiger charge is -2.12. The number of carbonyl (C=O) groups excluding carboxylic acids is 1. The zero-order chi connectivity index (χ0) is 15.9. The van der Waals surface area contributed by atoms with Crippen molar-refractivity contribution in [1.29, 1.82) is 0 Å². The van der Waals surface area contributed by atoms with Crippen LogP contribution in [0.15, 0.2) is 42.5 Å². The summed E-state index contributed by atoms with van der Waals surface area (Å²) in [5.41, 5.74) is 3.51. The fourth-order valence-corrected chi connectivity index (χ4v) is 2.88. The van der Waals surface area contributed by atoms with Crippen LogP contribution >= 0.6 is 0 Å². The molecule has 0 spiro atoms. The first-order chi connectivity index (χ1) is 10.5. The van der Waals surface area contributed by atoms with E-state index >= 15 is 0 Å². The summed E-state index contributed by atoms with van der Waals surface area (Å²) in [7, 11) is 4.02. The topological polar surface area (TPSA) is 20.3 Å². The first-order valence-electron chi connectivity index (χ1n) is 7.55. The van der Waals surface area contributed by atoms with Crippen LogP contribution in [0.4, 0.5) is 10.1 Å². The number of carbonyl (C=O) groups is 1. The van der Waals surface area contributed by atoms with Crippen LogP contribution in [-0.2, 0) is 0 Å². The van der Waals surface area contributed by atoms with Gasteiger partial charge in [0.15, 0.2) is 5.78 Å². The molecule has 114 valence electrons. The van der Waals surface area contributed by atoms with Crippen molar-refractivity contribution in [3.05, 3.63) is 65.0 Å². The number of halogens is 1. The maximum absolute atomic E-state index is 13.3. The Morgan fingerprint density at radius 1 is 1.14 bits per heavy atom. The smallest absolute Gasteiger partial charge is 0.166 e. The molecule has 0 heterocycles. The van der Waals surface area contributed by atoms with Gasteiger partial charge in [0.1, 0.15) is 5.82 Å². The van der Waals surface area contributed by atoms with E-state index in [9.17, 15) is 9.18 Å². The molecule has 2 nitrogen and oxygen atoms in total. The SMILES string of the molecule is Cc1cc(C(=O)C2CC2c2ccc(N(C)C)cc2)ccc1F. The average Bonchev–Trinajstić information content (AvgIpc) is 3.30. The summed E-state index contributed by atoms with van der Waals surface area (Å²) in [6, 6.07) is 13.0. The van der Waals surface area contributed by atoms with Gasteiger partial charge in [-0.1, -0.05) is 12.1 Å². The summed E-state index contributed by atoms with van der Waals surface area (Å²) < 4.78 is 13.3. The molecule has 1 aliphatic rings. The van der Waals surface area contributed by atoms with Gasteiger partial charge in [-0.15, -0.1) is 0 Å². The molecule has 3 rings (SSSR count). The molecule has 3 heteroatoms. The number of hydrogen-bond acceptors (Lipinski definition) is 2. The molecule has 0 aromatic heterocycles. The van der Waals surface area contributed by atoms with E-state index in [1.165, 1.54) is 11.6 Å². The van der Waals surface area contributed by atoms with Crippen LogP contribution in [-0.4, -0.2) is 19.9 Å². The molecular weight excluding hydrogens is 277 g/mol. The standard InChI is InChI=1S/C19H20FNO/c1-12-10-14(6-9-18(12)20)19(22)17-11-16(17)13-4-7-15(8-5-13)21(2)3/h4-10,16-17H,11H2,1-3H3. The van der Waals surface area contributed by atoms with Gasteiger partial charge >= 0.3 is 0 Å². The van der Waals surface area contributed by atoms with Crippen LogP contribution in [0.2, 0.25) is 0 Å². The second-order valence-corrected chi connectivity index (χ2v) is 6.26. The summed E-state index contributed by atoms with van der Waals surface area (Å²) >= 11 is 0. The average molecular weight is 297 g/mol. The predicted molar refractivity (Wildman–Crippen MR) is 87.1 cm³/mol. The van der Waals surface area contributed by atoms with Gasteiger partial charge in [0.25, 0.3) is 0 Å². The molecule has 1 fully saturated rings. The summed E-state index contributed by atoms with van der Waals surface area (Å²) in [5, 5.41) is 0. The fraction of sp³-hybridized carbons (Fsp3) is 0.316. The zero-order valence-electron chi connectivity index (χ0n) is 13.1. The lowest BCUT2D eigenvalue weighted by molar-refractivity contribution is 0.0965. The van der Waals surface area contributed by atoms with Crippen molar-refractivity contribution in [1.82, 2.24) is 0 Å². The van der Waals surface area contributed by atoms with E-state index in [-0.39, 0.29) is 17.5 Å². The van der Waals surface area contributed by atoms with Crippen LogP contribution in [0, 0.1) is 18.7 Å². The van der Waals surface area contributed by atoms with Gasteiger partial charge in [-0.25, -0.2) is 4.39 Å². The van der Waals surface area contributed by atoms with Crippen molar-refractivity contribution < 1.29 is 9.18 Å². The first kappa shape index (κ1) is 14.8. The molecular formula is C19H20FNO. The van der Waals surface area contributed by atoms with E-state index in [1.807, 2.05) is 14.1 Å². The maximum Gasteiger partial charge on any atom is 0.166 e. The maximum atomic E-state index is 13.3. The van der Waals surface area contributed by atoms with Gasteiger partial charge in [-0.2, -0.15) is 0 Å². The molecule has 0 bridgehead atoms. The quantitative estimate of drug-likeness (QED) is 0.789. The van der Waals surface area contributed by atoms with E-state index < -0.39 is 0 Å². The van der Waals surface area contributed by atoms with Gasteiger partial charge in [0.05, 0.1) is 0 Å². The van der Waals surface area contributed by atoms with E-state index in [0.29, 0.717) is 17.0 Å². The Morgan fingerprint density at radius 2 is 1.82 bits per heavy atom. The summed E-state index contributed by atoms with van der Waals surface area (Å²) in [6.45, 7) is 1.69. The highest BCUT2D eigenvalue weighted by molar-refractivity contribution is 6.00. The zero-order valence-corrected chi connectivity index (χ0v) is 13.1. The monoisotopic (exact) mass is 297 g/mol. The van der Waals surface area contributed by atoms with Crippen molar-refractivity contribution >= 4 is 11.5 Å². The minimum atomic E-state index is -0.261. The van der Waals surface area contributed by atoms with E-state index in [4.69, 9.17) is 0 Å². The number of rotatable bonds is 4. The minimum Gasteiger partial charge on any atom is -0.378 e. The molecule has 0 amide bonds. The molecule has 0 radical (unpaired) electrons. The van der Waals surface area contributed by atoms with Crippen molar-refractivity contribution in [2.24, 2.45) is 5.92 Å². The highest BCUT2D eigenvalue weighted by Gasteiger charge is 2.44. The Bertz CT molecular complexity index is 706. The van der Waals surface area contributed by atoms with Crippen LogP contribution < -0.4 is 4.90 Å². The third-order valence-corrected chi connectivity index (χ3v) is 4.41. The third-order valence-electron chi connectivity index (χ3n) is 4.41. The number of ketones is 1. The molecule has 2 aromatic rings. The Kier molecular flexibility index (Phi) is 3.73. The number of hydrogen-bond donors (Lipinski definition) is 0. The Balaban J connectivity index is 1.73. The lowest BCUT2D eigenvalue weighted by atomic mass is 10.0. The van der Waals surface area contributed by atoms with Gasteiger partial charge in [0, 0.05) is 31.3 Å². The van der Waals surface area contributed by atoms with E-state index in [2.05, 4.69) is 29.2 Å². The van der Waals surface area contributed by atoms with Crippen molar-refractivity contribution in [2.45, 2.75) is 19.3 Å². The van der Waals surface area contributed by atoms with E-state index in [1.54, 1.807) is 19.1 Å². The van der Waals surface area contributed by atoms with E-state index in [0.717, 1.165) is 12.1 Å². The predicted octanol–water partition coefficient (Wildman–Crippen LogP) is 4.19. The second kappa shape index (κ2) is 5.56. The summed E-state index contributed by atoms with van der Waals surface area (Å²) in [5.74, 6) is 0.206. The summed E-state index contributed by atoms with van der Waals surface area (Å²) in [6.07, 6.45) is 0.885. The highest BCUT2D eigenvalue weighted by atomic mass is 19.1. The van der Waals surface area contributed by atoms with Crippen molar-refractivity contribution in [2.75, 3.05) is 19.0 Å². The van der Waals surface area contributed by atoms with Gasteiger partial charge < -0.3 is 4.90 Å². The molecule has 2 atom stereocenters. The van der Waals surface area contributed by atoms with Gasteiger partial charge in [-0.05, 0) is 60.7 Å². The number of nitrogens with zero attached hydrogens (tertiary/aromatic N) is 1. The van der Waals surface area contributed by atoms with Crippen LogP contribution in [0.1, 0.15) is 33.8 Å². The number of aryl methyl sites for hydroxylation is 1. The van der Waals surface area contributed by atoms with Crippen LogP contribution in [0.25, 0.3) is 0 Å². The van der Waals surface area contributed by atoms with Gasteiger partial charge in [0.2, 0.25) is 0 Å². The Labute approximate surface area is 130 Å². The molecule has 0 aliphatic heterocycles. The van der Waals surface area contributed by atoms with Crippen LogP contribution in [0.5, 0.6) is 0 Å². The molecule has 2 aromatic carbocycles. The molecule has 0 saturated heterocycles. The largest absolute Gasteiger partial charge is 0.378 e. The fourth-order valence-electron chi connectivity index (χ4n) is 2.88. The second-order valence-electron chi connectivity index (χ2n) is 6.26.